The van der Waals surface area contributed by atoms with Crippen molar-refractivity contribution in [2.75, 3.05) is 18.4 Å². The first kappa shape index (κ1) is 9.34. The van der Waals surface area contributed by atoms with Crippen LogP contribution in [0, 0.1) is 6.92 Å². The Morgan fingerprint density at radius 2 is 2.36 bits per heavy atom. The summed E-state index contributed by atoms with van der Waals surface area (Å²) in [6.45, 7) is 3.74. The van der Waals surface area contributed by atoms with Crippen LogP contribution < -0.4 is 10.6 Å². The van der Waals surface area contributed by atoms with Crippen molar-refractivity contribution < 1.29 is 0 Å². The van der Waals surface area contributed by atoms with Crippen LogP contribution in [-0.4, -0.2) is 19.0 Å². The lowest BCUT2D eigenvalue weighted by Gasteiger charge is -2.10. The molecule has 14 heavy (non-hydrogen) atoms. The maximum Gasteiger partial charge on any atom is 0.195 e. The summed E-state index contributed by atoms with van der Waals surface area (Å²) in [5, 5.41) is 7.05. The van der Waals surface area contributed by atoms with Gasteiger partial charge in [-0.3, -0.25) is 4.99 Å². The topological polar surface area (TPSA) is 36.4 Å². The molecule has 0 saturated heterocycles. The van der Waals surface area contributed by atoms with Crippen molar-refractivity contribution in [1.82, 2.24) is 5.32 Å². The second-order valence-electron chi connectivity index (χ2n) is 3.21. The zero-order valence-electron chi connectivity index (χ0n) is 7.97. The summed E-state index contributed by atoms with van der Waals surface area (Å²) < 4.78 is 0. The van der Waals surface area contributed by atoms with E-state index in [2.05, 4.69) is 15.6 Å². The van der Waals surface area contributed by atoms with Gasteiger partial charge >= 0.3 is 0 Å². The van der Waals surface area contributed by atoms with Gasteiger partial charge in [0.05, 0.1) is 17.3 Å². The Morgan fingerprint density at radius 3 is 3.00 bits per heavy atom. The molecular formula is C10H12ClN3. The van der Waals surface area contributed by atoms with Gasteiger partial charge in [-0.2, -0.15) is 0 Å². The van der Waals surface area contributed by atoms with Crippen LogP contribution >= 0.6 is 11.6 Å². The Labute approximate surface area is 88.2 Å². The van der Waals surface area contributed by atoms with Gasteiger partial charge in [0.1, 0.15) is 0 Å². The number of anilines is 1. The van der Waals surface area contributed by atoms with Crippen molar-refractivity contribution in [3.8, 4) is 0 Å². The number of nitrogens with one attached hydrogen (secondary N) is 2. The van der Waals surface area contributed by atoms with Gasteiger partial charge in [0.25, 0.3) is 0 Å². The maximum absolute atomic E-state index is 6.06. The van der Waals surface area contributed by atoms with Gasteiger partial charge in [-0.25, -0.2) is 0 Å². The molecule has 0 atom stereocenters. The molecule has 1 heterocycles. The first-order valence-electron chi connectivity index (χ1n) is 4.58. The highest BCUT2D eigenvalue weighted by atomic mass is 35.5. The Morgan fingerprint density at radius 1 is 1.50 bits per heavy atom. The van der Waals surface area contributed by atoms with Gasteiger partial charge in [-0.15, -0.1) is 0 Å². The number of hydrogen-bond donors (Lipinski definition) is 2. The lowest BCUT2D eigenvalue weighted by molar-refractivity contribution is 0.959. The molecule has 0 fully saturated rings. The van der Waals surface area contributed by atoms with Crippen LogP contribution in [0.4, 0.5) is 5.69 Å². The van der Waals surface area contributed by atoms with Gasteiger partial charge in [-0.1, -0.05) is 23.7 Å². The molecule has 0 radical (unpaired) electrons. The van der Waals surface area contributed by atoms with E-state index in [1.807, 2.05) is 25.1 Å². The number of aryl methyl sites for hydroxylation is 1. The second kappa shape index (κ2) is 3.88. The molecule has 74 valence electrons. The van der Waals surface area contributed by atoms with E-state index in [-0.39, 0.29) is 0 Å². The van der Waals surface area contributed by atoms with Gasteiger partial charge in [0.15, 0.2) is 5.96 Å². The van der Waals surface area contributed by atoms with Crippen LogP contribution in [0.25, 0.3) is 0 Å². The monoisotopic (exact) mass is 209 g/mol. The minimum absolute atomic E-state index is 0.724. The van der Waals surface area contributed by atoms with Gasteiger partial charge in [-0.05, 0) is 18.6 Å². The maximum atomic E-state index is 6.06. The third-order valence-corrected chi connectivity index (χ3v) is 2.45. The average molecular weight is 210 g/mol. The number of guanidine groups is 1. The number of aliphatic imine (C=N–C) groups is 1. The van der Waals surface area contributed by atoms with Crippen molar-refractivity contribution in [2.45, 2.75) is 6.92 Å². The fourth-order valence-electron chi connectivity index (χ4n) is 1.39. The number of nitrogens with zero attached hydrogens (tertiary/aromatic N) is 1. The smallest absolute Gasteiger partial charge is 0.195 e. The van der Waals surface area contributed by atoms with Crippen LogP contribution in [0.1, 0.15) is 5.56 Å². The first-order valence-corrected chi connectivity index (χ1v) is 4.95. The molecule has 0 amide bonds. The third-order valence-electron chi connectivity index (χ3n) is 2.14. The fourth-order valence-corrected chi connectivity index (χ4v) is 1.66. The zero-order valence-corrected chi connectivity index (χ0v) is 8.73. The summed E-state index contributed by atoms with van der Waals surface area (Å²) in [6, 6.07) is 5.82. The van der Waals surface area contributed by atoms with E-state index in [1.54, 1.807) is 0 Å². The molecule has 1 aliphatic heterocycles. The standard InChI is InChI=1S/C10H12ClN3/c1-7-3-2-4-8(11)9(7)14-10-12-5-6-13-10/h2-4H,5-6H2,1H3,(H2,12,13,14). The molecular weight excluding hydrogens is 198 g/mol. The number of benzene rings is 1. The van der Waals surface area contributed by atoms with Gasteiger partial charge < -0.3 is 10.6 Å². The lowest BCUT2D eigenvalue weighted by Crippen LogP contribution is -2.26. The molecule has 1 aliphatic rings. The second-order valence-corrected chi connectivity index (χ2v) is 3.62. The van der Waals surface area contributed by atoms with E-state index in [1.165, 1.54) is 0 Å². The SMILES string of the molecule is Cc1cccc(Cl)c1NC1=NCCN1. The average Bonchev–Trinajstić information content (AvgIpc) is 2.64. The highest BCUT2D eigenvalue weighted by Crippen LogP contribution is 2.25. The largest absolute Gasteiger partial charge is 0.354 e. The number of rotatable bonds is 1. The Kier molecular flexibility index (Phi) is 2.59. The lowest BCUT2D eigenvalue weighted by atomic mass is 10.2. The Bertz CT molecular complexity index is 353. The molecule has 2 N–H and O–H groups in total. The third kappa shape index (κ3) is 1.82. The van der Waals surface area contributed by atoms with Crippen LogP contribution in [0.15, 0.2) is 23.2 Å². The molecule has 0 unspecified atom stereocenters. The molecule has 2 rings (SSSR count). The summed E-state index contributed by atoms with van der Waals surface area (Å²) >= 11 is 6.06. The Hall–Kier alpha value is -1.22. The highest BCUT2D eigenvalue weighted by molar-refractivity contribution is 6.34. The molecule has 0 aliphatic carbocycles. The molecule has 4 heteroatoms. The predicted octanol–water partition coefficient (Wildman–Crippen LogP) is 2.02. The summed E-state index contributed by atoms with van der Waals surface area (Å²) in [6.07, 6.45) is 0. The van der Waals surface area contributed by atoms with E-state index in [9.17, 15) is 0 Å². The predicted molar refractivity (Wildman–Crippen MR) is 60.1 cm³/mol. The van der Waals surface area contributed by atoms with Gasteiger partial charge in [0.2, 0.25) is 0 Å². The van der Waals surface area contributed by atoms with E-state index in [0.29, 0.717) is 0 Å². The number of halogens is 1. The van der Waals surface area contributed by atoms with E-state index < -0.39 is 0 Å². The first-order chi connectivity index (χ1) is 6.77. The van der Waals surface area contributed by atoms with Gasteiger partial charge in [0, 0.05) is 6.54 Å². The van der Waals surface area contributed by atoms with Crippen molar-refractivity contribution in [3.05, 3.63) is 28.8 Å². The van der Waals surface area contributed by atoms with Crippen molar-refractivity contribution in [3.63, 3.8) is 0 Å². The minimum atomic E-state index is 0.724. The van der Waals surface area contributed by atoms with Crippen LogP contribution in [-0.2, 0) is 0 Å². The quantitative estimate of drug-likeness (QED) is 0.743. The fraction of sp³-hybridized carbons (Fsp3) is 0.300. The van der Waals surface area contributed by atoms with E-state index >= 15 is 0 Å². The summed E-state index contributed by atoms with van der Waals surface area (Å²) in [7, 11) is 0. The zero-order chi connectivity index (χ0) is 9.97. The molecule has 0 saturated carbocycles. The van der Waals surface area contributed by atoms with Crippen molar-refractivity contribution in [1.29, 1.82) is 0 Å². The van der Waals surface area contributed by atoms with E-state index in [4.69, 9.17) is 11.6 Å². The van der Waals surface area contributed by atoms with Crippen LogP contribution in [0.3, 0.4) is 0 Å². The molecule has 0 bridgehead atoms. The summed E-state index contributed by atoms with van der Waals surface area (Å²) in [5.74, 6) is 0.807. The Balaban J connectivity index is 2.23. The number of hydrogen-bond acceptors (Lipinski definition) is 3. The molecule has 0 spiro atoms. The summed E-state index contributed by atoms with van der Waals surface area (Å²) in [5.41, 5.74) is 2.05. The van der Waals surface area contributed by atoms with E-state index in [0.717, 1.165) is 35.3 Å². The van der Waals surface area contributed by atoms with Crippen LogP contribution in [0.2, 0.25) is 5.02 Å². The summed E-state index contributed by atoms with van der Waals surface area (Å²) in [4.78, 5) is 4.25. The minimum Gasteiger partial charge on any atom is -0.354 e. The molecule has 1 aromatic carbocycles. The molecule has 3 nitrogen and oxygen atoms in total. The molecule has 1 aromatic rings. The normalized spacial score (nSPS) is 14.9. The van der Waals surface area contributed by atoms with Crippen LogP contribution in [0.5, 0.6) is 0 Å². The molecule has 0 aromatic heterocycles. The highest BCUT2D eigenvalue weighted by Gasteiger charge is 2.08. The van der Waals surface area contributed by atoms with Crippen molar-refractivity contribution in [2.24, 2.45) is 4.99 Å². The van der Waals surface area contributed by atoms with Crippen molar-refractivity contribution >= 4 is 23.2 Å². The number of para-hydroxylation sites is 1.